The van der Waals surface area contributed by atoms with Crippen molar-refractivity contribution in [2.24, 2.45) is 0 Å². The van der Waals surface area contributed by atoms with Crippen LogP contribution in [0.1, 0.15) is 26.4 Å². The van der Waals surface area contributed by atoms with Crippen LogP contribution in [-0.2, 0) is 16.2 Å². The van der Waals surface area contributed by atoms with Gasteiger partial charge in [0, 0.05) is 43.3 Å². The summed E-state index contributed by atoms with van der Waals surface area (Å²) in [5.74, 6) is -1.77. The highest BCUT2D eigenvalue weighted by Gasteiger charge is 2.36. The first-order chi connectivity index (χ1) is 19.4. The molecule has 2 amide bonds. The Kier molecular flexibility index (Phi) is 7.34. The molecule has 0 unspecified atom stereocenters. The van der Waals surface area contributed by atoms with Crippen molar-refractivity contribution in [1.82, 2.24) is 19.8 Å². The van der Waals surface area contributed by atoms with Crippen LogP contribution in [0.2, 0.25) is 0 Å². The molecule has 2 aromatic carbocycles. The number of carbonyl (C=O) groups is 2. The van der Waals surface area contributed by atoms with Gasteiger partial charge in [0.2, 0.25) is 0 Å². The van der Waals surface area contributed by atoms with Gasteiger partial charge in [0.25, 0.3) is 21.8 Å². The van der Waals surface area contributed by atoms with Crippen LogP contribution in [0.3, 0.4) is 0 Å². The monoisotopic (exact) mass is 587 g/mol. The Bertz CT molecular complexity index is 1730. The lowest BCUT2D eigenvalue weighted by Crippen LogP contribution is -2.50. The van der Waals surface area contributed by atoms with Gasteiger partial charge in [-0.2, -0.15) is 13.2 Å². The third-order valence-corrected chi connectivity index (χ3v) is 7.90. The molecule has 0 atom stereocenters. The third kappa shape index (κ3) is 5.82. The highest BCUT2D eigenvalue weighted by atomic mass is 32.2. The molecule has 4 aromatic rings. The Hall–Kier alpha value is -4.59. The second kappa shape index (κ2) is 10.8. The highest BCUT2D eigenvalue weighted by Crippen LogP contribution is 2.37. The number of hydrogen-bond donors (Lipinski definition) is 1. The first kappa shape index (κ1) is 28.0. The minimum atomic E-state index is -4.99. The van der Waals surface area contributed by atoms with Gasteiger partial charge in [0.1, 0.15) is 16.4 Å². The van der Waals surface area contributed by atoms with E-state index in [0.717, 1.165) is 24.4 Å². The Morgan fingerprint density at radius 2 is 1.54 bits per heavy atom. The van der Waals surface area contributed by atoms with Crippen LogP contribution in [0.5, 0.6) is 0 Å². The van der Waals surface area contributed by atoms with Crippen molar-refractivity contribution in [2.75, 3.05) is 30.9 Å². The van der Waals surface area contributed by atoms with Crippen molar-refractivity contribution in [1.29, 1.82) is 0 Å². The summed E-state index contributed by atoms with van der Waals surface area (Å²) in [6, 6.07) is 12.5. The molecule has 0 aliphatic carbocycles. The number of hydrogen-bond acceptors (Lipinski definition) is 6. The summed E-state index contributed by atoms with van der Waals surface area (Å²) in [5, 5.41) is 0.489. The van der Waals surface area contributed by atoms with Gasteiger partial charge in [-0.3, -0.25) is 19.3 Å². The first-order valence-corrected chi connectivity index (χ1v) is 13.7. The maximum absolute atomic E-state index is 14.0. The number of sulfonamides is 1. The van der Waals surface area contributed by atoms with Gasteiger partial charge in [0.15, 0.2) is 0 Å². The number of halogens is 4. The molecule has 1 N–H and O–H groups in total. The minimum Gasteiger partial charge on any atom is -0.335 e. The molecule has 2 aromatic heterocycles. The van der Waals surface area contributed by atoms with E-state index in [9.17, 15) is 35.6 Å². The zero-order valence-corrected chi connectivity index (χ0v) is 21.9. The molecule has 0 bridgehead atoms. The summed E-state index contributed by atoms with van der Waals surface area (Å²) in [6.45, 7) is 0.255. The van der Waals surface area contributed by atoms with Gasteiger partial charge < -0.3 is 9.80 Å². The number of piperazine rings is 1. The van der Waals surface area contributed by atoms with Gasteiger partial charge in [-0.05, 0) is 42.5 Å². The fourth-order valence-corrected chi connectivity index (χ4v) is 5.71. The second-order valence-corrected chi connectivity index (χ2v) is 10.8. The number of aromatic nitrogens is 2. The molecular formula is C27H21F4N5O4S. The number of para-hydroxylation sites is 1. The number of benzene rings is 2. The highest BCUT2D eigenvalue weighted by molar-refractivity contribution is 7.93. The Balaban J connectivity index is 1.35. The third-order valence-electron chi connectivity index (χ3n) is 6.50. The molecule has 41 heavy (non-hydrogen) atoms. The number of pyridine rings is 2. The number of rotatable bonds is 5. The summed E-state index contributed by atoms with van der Waals surface area (Å²) in [6.07, 6.45) is -2.70. The van der Waals surface area contributed by atoms with Crippen molar-refractivity contribution in [3.8, 4) is 0 Å². The van der Waals surface area contributed by atoms with E-state index in [-0.39, 0.29) is 47.8 Å². The number of nitrogens with one attached hydrogen (secondary N) is 1. The number of fused-ring (bicyclic) bond motifs is 1. The van der Waals surface area contributed by atoms with E-state index in [1.807, 2.05) is 4.72 Å². The summed E-state index contributed by atoms with van der Waals surface area (Å²) in [5.41, 5.74) is -2.26. The Morgan fingerprint density at radius 3 is 2.20 bits per heavy atom. The van der Waals surface area contributed by atoms with Gasteiger partial charge in [-0.1, -0.05) is 18.2 Å². The van der Waals surface area contributed by atoms with Crippen LogP contribution >= 0.6 is 0 Å². The van der Waals surface area contributed by atoms with Crippen LogP contribution in [0.15, 0.2) is 78.0 Å². The zero-order chi connectivity index (χ0) is 29.4. The van der Waals surface area contributed by atoms with E-state index >= 15 is 0 Å². The number of nitrogens with zero attached hydrogens (tertiary/aromatic N) is 4. The quantitative estimate of drug-likeness (QED) is 0.351. The number of alkyl halides is 3. The summed E-state index contributed by atoms with van der Waals surface area (Å²) in [4.78, 5) is 35.9. The van der Waals surface area contributed by atoms with Crippen LogP contribution < -0.4 is 4.72 Å². The van der Waals surface area contributed by atoms with Crippen LogP contribution in [0.25, 0.3) is 10.9 Å². The van der Waals surface area contributed by atoms with Gasteiger partial charge in [-0.25, -0.2) is 17.8 Å². The largest absolute Gasteiger partial charge is 0.418 e. The van der Waals surface area contributed by atoms with Crippen molar-refractivity contribution < 1.29 is 35.6 Å². The second-order valence-electron chi connectivity index (χ2n) is 9.14. The number of anilines is 1. The predicted octanol–water partition coefficient (Wildman–Crippen LogP) is 4.19. The SMILES string of the molecule is O=C(c1ccc(NS(=O)(=O)c2cccc3cccnc23)c(C(F)(F)F)c1)N1CCN(C(=O)c2ccc(F)cn2)CC1. The molecule has 14 heteroatoms. The molecule has 3 heterocycles. The number of carbonyl (C=O) groups excluding carboxylic acids is 2. The molecule has 0 saturated carbocycles. The van der Waals surface area contributed by atoms with Gasteiger partial charge in [0.05, 0.1) is 23.0 Å². The fourth-order valence-electron chi connectivity index (χ4n) is 4.45. The van der Waals surface area contributed by atoms with Crippen molar-refractivity contribution in [3.63, 3.8) is 0 Å². The molecule has 212 valence electrons. The van der Waals surface area contributed by atoms with Crippen LogP contribution in [-0.4, -0.2) is 66.2 Å². The average molecular weight is 588 g/mol. The van der Waals surface area contributed by atoms with Crippen molar-refractivity contribution in [2.45, 2.75) is 11.1 Å². The van der Waals surface area contributed by atoms with Crippen molar-refractivity contribution in [3.05, 3.63) is 95.7 Å². The molecule has 1 aliphatic heterocycles. The van der Waals surface area contributed by atoms with E-state index < -0.39 is 45.1 Å². The molecule has 1 saturated heterocycles. The standard InChI is InChI=1S/C27H21F4N5O4S/c28-19-7-9-22(33-16-19)26(38)36-13-11-35(12-14-36)25(37)18-6-8-21(20(15-18)27(29,30)31)34-41(39,40)23-5-1-3-17-4-2-10-32-24(17)23/h1-10,15-16,34H,11-14H2. The Labute approximate surface area is 231 Å². The fraction of sp³-hybridized carbons (Fsp3) is 0.185. The van der Waals surface area contributed by atoms with E-state index in [0.29, 0.717) is 11.5 Å². The molecule has 0 radical (unpaired) electrons. The lowest BCUT2D eigenvalue weighted by Gasteiger charge is -2.34. The Morgan fingerprint density at radius 1 is 0.854 bits per heavy atom. The molecule has 1 fully saturated rings. The van der Waals surface area contributed by atoms with E-state index in [2.05, 4.69) is 9.97 Å². The normalized spacial score (nSPS) is 14.2. The lowest BCUT2D eigenvalue weighted by molar-refractivity contribution is -0.136. The lowest BCUT2D eigenvalue weighted by atomic mass is 10.1. The first-order valence-electron chi connectivity index (χ1n) is 12.2. The molecule has 1 aliphatic rings. The van der Waals surface area contributed by atoms with E-state index in [1.54, 1.807) is 18.2 Å². The smallest absolute Gasteiger partial charge is 0.335 e. The van der Waals surface area contributed by atoms with Crippen LogP contribution in [0.4, 0.5) is 23.2 Å². The minimum absolute atomic E-state index is 0.0262. The average Bonchev–Trinajstić information content (AvgIpc) is 2.96. The van der Waals surface area contributed by atoms with Crippen molar-refractivity contribution >= 4 is 38.4 Å². The zero-order valence-electron chi connectivity index (χ0n) is 21.1. The molecule has 9 nitrogen and oxygen atoms in total. The van der Waals surface area contributed by atoms with Crippen LogP contribution in [0, 0.1) is 5.82 Å². The summed E-state index contributed by atoms with van der Waals surface area (Å²) in [7, 11) is -4.49. The van der Waals surface area contributed by atoms with E-state index in [1.165, 1.54) is 34.2 Å². The van der Waals surface area contributed by atoms with Gasteiger partial charge in [-0.15, -0.1) is 0 Å². The maximum Gasteiger partial charge on any atom is 0.418 e. The summed E-state index contributed by atoms with van der Waals surface area (Å²) < 4.78 is 83.5. The van der Waals surface area contributed by atoms with E-state index in [4.69, 9.17) is 0 Å². The molecular weight excluding hydrogens is 566 g/mol. The number of amides is 2. The molecule has 5 rings (SSSR count). The van der Waals surface area contributed by atoms with Gasteiger partial charge >= 0.3 is 6.18 Å². The maximum atomic E-state index is 14.0. The predicted molar refractivity (Wildman–Crippen MR) is 140 cm³/mol. The topological polar surface area (TPSA) is 113 Å². The molecule has 0 spiro atoms. The summed E-state index contributed by atoms with van der Waals surface area (Å²) >= 11 is 0.